The van der Waals surface area contributed by atoms with Crippen LogP contribution >= 0.6 is 0 Å². The molecule has 1 aliphatic carbocycles. The van der Waals surface area contributed by atoms with E-state index < -0.39 is 0 Å². The minimum Gasteiger partial charge on any atom is -0.505 e. The summed E-state index contributed by atoms with van der Waals surface area (Å²) in [5, 5.41) is 9.87. The van der Waals surface area contributed by atoms with Crippen molar-refractivity contribution in [3.63, 3.8) is 0 Å². The van der Waals surface area contributed by atoms with E-state index in [1.807, 2.05) is 0 Å². The van der Waals surface area contributed by atoms with Gasteiger partial charge in [0.2, 0.25) is 0 Å². The first kappa shape index (κ1) is 20.3. The maximum Gasteiger partial charge on any atom is 0.196 e. The molecule has 0 saturated heterocycles. The second-order valence-electron chi connectivity index (χ2n) is 7.49. The third kappa shape index (κ3) is 11.4. The maximum absolute atomic E-state index is 11.9. The molecule has 134 valence electrons. The zero-order valence-electron chi connectivity index (χ0n) is 15.3. The number of hydrogen-bond acceptors (Lipinski definition) is 2. The lowest BCUT2D eigenvalue weighted by molar-refractivity contribution is -0.118. The molecule has 0 amide bonds. The van der Waals surface area contributed by atoms with E-state index in [9.17, 15) is 9.90 Å². The molecule has 0 heterocycles. The lowest BCUT2D eigenvalue weighted by Gasteiger charge is -2.09. The second-order valence-corrected chi connectivity index (χ2v) is 7.49. The molecule has 0 radical (unpaired) electrons. The fraction of sp³-hybridized carbons (Fsp3) is 0.857. The van der Waals surface area contributed by atoms with Gasteiger partial charge in [-0.3, -0.25) is 4.79 Å². The predicted molar refractivity (Wildman–Crippen MR) is 98.8 cm³/mol. The first-order chi connectivity index (χ1) is 11.2. The quantitative estimate of drug-likeness (QED) is 0.527. The van der Waals surface area contributed by atoms with E-state index >= 15 is 0 Å². The minimum absolute atomic E-state index is 0.00579. The van der Waals surface area contributed by atoms with Crippen molar-refractivity contribution in [1.29, 1.82) is 0 Å². The second kappa shape index (κ2) is 13.6. The van der Waals surface area contributed by atoms with Gasteiger partial charge < -0.3 is 5.11 Å². The van der Waals surface area contributed by atoms with Gasteiger partial charge in [-0.2, -0.15) is 0 Å². The molecular formula is C21H38O2. The highest BCUT2D eigenvalue weighted by molar-refractivity contribution is 5.92. The Morgan fingerprint density at radius 2 is 1.22 bits per heavy atom. The monoisotopic (exact) mass is 322 g/mol. The summed E-state index contributed by atoms with van der Waals surface area (Å²) in [6.07, 6.45) is 21.2. The molecule has 0 spiro atoms. The molecule has 0 aromatic carbocycles. The van der Waals surface area contributed by atoms with Crippen LogP contribution in [-0.4, -0.2) is 10.9 Å². The predicted octanol–water partition coefficient (Wildman–Crippen LogP) is 6.89. The summed E-state index contributed by atoms with van der Waals surface area (Å²) in [5.41, 5.74) is 0. The van der Waals surface area contributed by atoms with Crippen molar-refractivity contribution in [3.8, 4) is 0 Å². The Bertz CT molecular complexity index is 333. The van der Waals surface area contributed by atoms with Gasteiger partial charge in [0.1, 0.15) is 0 Å². The van der Waals surface area contributed by atoms with Crippen LogP contribution in [-0.2, 0) is 4.79 Å². The van der Waals surface area contributed by atoms with Gasteiger partial charge in [-0.05, 0) is 24.8 Å². The van der Waals surface area contributed by atoms with Crippen LogP contribution in [0.2, 0.25) is 0 Å². The lowest BCUT2D eigenvalue weighted by Crippen LogP contribution is -2.03. The van der Waals surface area contributed by atoms with Crippen LogP contribution in [0, 0.1) is 5.92 Å². The summed E-state index contributed by atoms with van der Waals surface area (Å²) in [6.45, 7) is 2.22. The molecule has 0 bridgehead atoms. The first-order valence-corrected chi connectivity index (χ1v) is 10.1. The van der Waals surface area contributed by atoms with Gasteiger partial charge in [-0.1, -0.05) is 90.4 Å². The molecule has 23 heavy (non-hydrogen) atoms. The van der Waals surface area contributed by atoms with E-state index in [0.29, 0.717) is 12.3 Å². The summed E-state index contributed by atoms with van der Waals surface area (Å²) in [7, 11) is 0. The van der Waals surface area contributed by atoms with Crippen LogP contribution in [0.15, 0.2) is 11.8 Å². The number of Topliss-reactive ketones (excluding diaryl/α,β-unsaturated/α-hetero) is 1. The Hall–Kier alpha value is -0.790. The number of carbonyl (C=O) groups excluding carboxylic acids is 1. The Morgan fingerprint density at radius 1 is 0.783 bits per heavy atom. The molecule has 0 aromatic rings. The molecule has 0 aliphatic heterocycles. The van der Waals surface area contributed by atoms with Crippen molar-refractivity contribution >= 4 is 5.78 Å². The van der Waals surface area contributed by atoms with E-state index in [-0.39, 0.29) is 11.5 Å². The number of carbonyl (C=O) groups is 1. The van der Waals surface area contributed by atoms with Crippen LogP contribution < -0.4 is 0 Å². The summed E-state index contributed by atoms with van der Waals surface area (Å²) in [4.78, 5) is 11.9. The standard InChI is InChI=1S/C21H38O2/c1-19-15-13-11-9-7-5-3-2-4-6-8-10-12-14-16-20(22)21(23)18-17-19/h18-19,23H,2-17H2,1H3/b21-18-/t19-/m0/s1. The first-order valence-electron chi connectivity index (χ1n) is 10.1. The zero-order chi connectivity index (χ0) is 16.8. The summed E-state index contributed by atoms with van der Waals surface area (Å²) in [6, 6.07) is 0. The van der Waals surface area contributed by atoms with Crippen molar-refractivity contribution in [1.82, 2.24) is 0 Å². The van der Waals surface area contributed by atoms with E-state index in [1.54, 1.807) is 6.08 Å². The number of hydrogen-bond donors (Lipinski definition) is 1. The van der Waals surface area contributed by atoms with Crippen LogP contribution in [0.3, 0.4) is 0 Å². The van der Waals surface area contributed by atoms with Crippen LogP contribution in [0.25, 0.3) is 0 Å². The van der Waals surface area contributed by atoms with Crippen LogP contribution in [0.4, 0.5) is 0 Å². The van der Waals surface area contributed by atoms with Crippen molar-refractivity contribution < 1.29 is 9.90 Å². The molecule has 1 atom stereocenters. The number of rotatable bonds is 0. The normalized spacial score (nSPS) is 27.8. The topological polar surface area (TPSA) is 37.3 Å². The summed E-state index contributed by atoms with van der Waals surface area (Å²) >= 11 is 0. The van der Waals surface area contributed by atoms with E-state index in [4.69, 9.17) is 0 Å². The van der Waals surface area contributed by atoms with Gasteiger partial charge in [0.15, 0.2) is 11.5 Å². The maximum atomic E-state index is 11.9. The average Bonchev–Trinajstić information content (AvgIpc) is 2.55. The third-order valence-electron chi connectivity index (χ3n) is 5.10. The smallest absolute Gasteiger partial charge is 0.196 e. The Kier molecular flexibility index (Phi) is 12.0. The summed E-state index contributed by atoms with van der Waals surface area (Å²) in [5.74, 6) is 0.508. The number of ketones is 1. The van der Waals surface area contributed by atoms with Crippen molar-refractivity contribution in [2.24, 2.45) is 5.92 Å². The van der Waals surface area contributed by atoms with Crippen molar-refractivity contribution in [2.45, 2.75) is 110 Å². The fourth-order valence-corrected chi connectivity index (χ4v) is 3.40. The van der Waals surface area contributed by atoms with Gasteiger partial charge in [0.25, 0.3) is 0 Å². The van der Waals surface area contributed by atoms with Gasteiger partial charge in [-0.25, -0.2) is 0 Å². The molecule has 0 unspecified atom stereocenters. The van der Waals surface area contributed by atoms with Crippen molar-refractivity contribution in [2.75, 3.05) is 0 Å². The SMILES string of the molecule is C[C@@H]1C/C=C(\O)C(=O)CCCCCCCCCCCCCCC1. The molecule has 0 aromatic heterocycles. The molecule has 0 saturated carbocycles. The highest BCUT2D eigenvalue weighted by Gasteiger charge is 2.08. The molecule has 1 aliphatic rings. The van der Waals surface area contributed by atoms with Gasteiger partial charge in [-0.15, -0.1) is 0 Å². The minimum atomic E-state index is -0.0633. The lowest BCUT2D eigenvalue weighted by atomic mass is 9.97. The van der Waals surface area contributed by atoms with Crippen molar-refractivity contribution in [3.05, 3.63) is 11.8 Å². The molecule has 1 N–H and O–H groups in total. The number of aliphatic hydroxyl groups excluding tert-OH is 1. The number of allylic oxidation sites excluding steroid dienone is 2. The Morgan fingerprint density at radius 3 is 1.74 bits per heavy atom. The Labute approximate surface area is 143 Å². The van der Waals surface area contributed by atoms with Crippen LogP contribution in [0.5, 0.6) is 0 Å². The highest BCUT2D eigenvalue weighted by Crippen LogP contribution is 2.18. The van der Waals surface area contributed by atoms with E-state index in [2.05, 4.69) is 6.92 Å². The number of aliphatic hydroxyl groups is 1. The summed E-state index contributed by atoms with van der Waals surface area (Å²) < 4.78 is 0. The average molecular weight is 323 g/mol. The molecule has 2 heteroatoms. The van der Waals surface area contributed by atoms with Gasteiger partial charge in [0.05, 0.1) is 0 Å². The zero-order valence-corrected chi connectivity index (χ0v) is 15.3. The fourth-order valence-electron chi connectivity index (χ4n) is 3.40. The van der Waals surface area contributed by atoms with Crippen LogP contribution in [0.1, 0.15) is 110 Å². The Balaban J connectivity index is 2.34. The van der Waals surface area contributed by atoms with Gasteiger partial charge in [0, 0.05) is 6.42 Å². The molecule has 1 rings (SSSR count). The highest BCUT2D eigenvalue weighted by atomic mass is 16.3. The van der Waals surface area contributed by atoms with E-state index in [1.165, 1.54) is 77.0 Å². The van der Waals surface area contributed by atoms with E-state index in [0.717, 1.165) is 19.3 Å². The van der Waals surface area contributed by atoms with Gasteiger partial charge >= 0.3 is 0 Å². The molecular weight excluding hydrogens is 284 g/mol. The third-order valence-corrected chi connectivity index (χ3v) is 5.10. The molecule has 0 fully saturated rings. The molecule has 2 nitrogen and oxygen atoms in total. The largest absolute Gasteiger partial charge is 0.505 e.